The van der Waals surface area contributed by atoms with Crippen molar-refractivity contribution in [1.29, 1.82) is 0 Å². The van der Waals surface area contributed by atoms with Crippen molar-refractivity contribution in [2.45, 2.75) is 33.4 Å². The van der Waals surface area contributed by atoms with E-state index < -0.39 is 23.5 Å². The van der Waals surface area contributed by atoms with Crippen molar-refractivity contribution in [2.24, 2.45) is 5.92 Å². The number of carboxylic acids is 1. The highest BCUT2D eigenvalue weighted by Crippen LogP contribution is 2.33. The molecular formula is C25H23ClF4O2. The maximum atomic E-state index is 13.8. The Morgan fingerprint density at radius 1 is 0.875 bits per heavy atom. The van der Waals surface area contributed by atoms with Crippen molar-refractivity contribution in [3.63, 3.8) is 0 Å². The number of carboxylic acid groups (broad SMARTS) is 1. The Hall–Kier alpha value is -2.86. The van der Waals surface area contributed by atoms with Gasteiger partial charge in [-0.25, -0.2) is 4.39 Å². The molecule has 0 bridgehead atoms. The molecule has 1 N–H and O–H groups in total. The van der Waals surface area contributed by atoms with E-state index in [1.807, 2.05) is 0 Å². The minimum absolute atomic E-state index is 0.0478. The van der Waals surface area contributed by atoms with Crippen LogP contribution >= 0.6 is 11.6 Å². The molecule has 0 aliphatic carbocycles. The van der Waals surface area contributed by atoms with Gasteiger partial charge in [-0.15, -0.1) is 0 Å². The van der Waals surface area contributed by atoms with Gasteiger partial charge in [0.1, 0.15) is 5.82 Å². The second-order valence-electron chi connectivity index (χ2n) is 7.93. The summed E-state index contributed by atoms with van der Waals surface area (Å²) in [4.78, 5) is 11.1. The Labute approximate surface area is 189 Å². The first-order chi connectivity index (χ1) is 14.9. The maximum Gasteiger partial charge on any atom is 0.416 e. The highest BCUT2D eigenvalue weighted by atomic mass is 35.5. The first-order valence-corrected chi connectivity index (χ1v) is 10.2. The fourth-order valence-corrected chi connectivity index (χ4v) is 2.95. The summed E-state index contributed by atoms with van der Waals surface area (Å²) in [6, 6.07) is 13.6. The van der Waals surface area contributed by atoms with Crippen molar-refractivity contribution in [2.75, 3.05) is 0 Å². The molecule has 0 heterocycles. The third kappa shape index (κ3) is 7.38. The molecule has 2 nitrogen and oxygen atoms in total. The molecule has 0 saturated carbocycles. The van der Waals surface area contributed by atoms with E-state index in [2.05, 4.69) is 20.8 Å². The fourth-order valence-electron chi connectivity index (χ4n) is 2.83. The molecule has 0 aliphatic rings. The minimum atomic E-state index is -4.45. The van der Waals surface area contributed by atoms with E-state index >= 15 is 0 Å². The first kappa shape index (κ1) is 25.4. The van der Waals surface area contributed by atoms with Crippen LogP contribution in [-0.2, 0) is 17.4 Å². The number of halogens is 5. The van der Waals surface area contributed by atoms with Gasteiger partial charge in [0.2, 0.25) is 0 Å². The molecule has 7 heteroatoms. The molecule has 0 saturated heterocycles. The van der Waals surface area contributed by atoms with E-state index in [0.29, 0.717) is 27.8 Å². The van der Waals surface area contributed by atoms with Crippen LogP contribution in [0, 0.1) is 11.7 Å². The van der Waals surface area contributed by atoms with Gasteiger partial charge in [-0.2, -0.15) is 13.2 Å². The smallest absolute Gasteiger partial charge is 0.416 e. The van der Waals surface area contributed by atoms with E-state index in [1.54, 1.807) is 24.3 Å². The number of carbonyl (C=O) groups is 1. The average Bonchev–Trinajstić information content (AvgIpc) is 2.68. The van der Waals surface area contributed by atoms with Crippen LogP contribution in [0.5, 0.6) is 0 Å². The third-order valence-corrected chi connectivity index (χ3v) is 4.45. The molecule has 0 fully saturated rings. The molecule has 170 valence electrons. The van der Waals surface area contributed by atoms with Crippen LogP contribution < -0.4 is 0 Å². The Bertz CT molecular complexity index is 1070. The maximum absolute atomic E-state index is 13.8. The summed E-state index contributed by atoms with van der Waals surface area (Å²) >= 11 is 5.70. The van der Waals surface area contributed by atoms with Gasteiger partial charge in [-0.05, 0) is 64.1 Å². The summed E-state index contributed by atoms with van der Waals surface area (Å²) in [5.41, 5.74) is 1.67. The molecule has 0 spiro atoms. The van der Waals surface area contributed by atoms with E-state index in [-0.39, 0.29) is 11.4 Å². The molecule has 32 heavy (non-hydrogen) atoms. The van der Waals surface area contributed by atoms with Gasteiger partial charge >= 0.3 is 12.1 Å². The summed E-state index contributed by atoms with van der Waals surface area (Å²) in [5, 5.41) is 9.05. The summed E-state index contributed by atoms with van der Waals surface area (Å²) < 4.78 is 52.1. The number of hydrogen-bond donors (Lipinski definition) is 1. The number of benzene rings is 3. The van der Waals surface area contributed by atoms with Crippen molar-refractivity contribution in [3.8, 4) is 22.3 Å². The van der Waals surface area contributed by atoms with Crippen LogP contribution in [-0.4, -0.2) is 11.1 Å². The Kier molecular flexibility index (Phi) is 8.44. The zero-order chi connectivity index (χ0) is 24.1. The van der Waals surface area contributed by atoms with Gasteiger partial charge in [0.25, 0.3) is 0 Å². The quantitative estimate of drug-likeness (QED) is 0.394. The van der Waals surface area contributed by atoms with Crippen molar-refractivity contribution in [3.05, 3.63) is 82.6 Å². The molecule has 3 rings (SSSR count). The van der Waals surface area contributed by atoms with Gasteiger partial charge in [0.05, 0.1) is 17.0 Å². The molecular weight excluding hydrogens is 444 g/mol. The summed E-state index contributed by atoms with van der Waals surface area (Å²) in [6.45, 7) is 6.50. The first-order valence-electron chi connectivity index (χ1n) is 9.85. The molecule has 0 amide bonds. The van der Waals surface area contributed by atoms with Crippen LogP contribution in [0.3, 0.4) is 0 Å². The summed E-state index contributed by atoms with van der Waals surface area (Å²) in [7, 11) is 0. The largest absolute Gasteiger partial charge is 0.481 e. The summed E-state index contributed by atoms with van der Waals surface area (Å²) in [5.74, 6) is -0.850. The second kappa shape index (κ2) is 10.6. The Morgan fingerprint density at radius 3 is 1.84 bits per heavy atom. The molecule has 0 aliphatic heterocycles. The predicted octanol–water partition coefficient (Wildman–Crippen LogP) is 8.12. The second-order valence-corrected chi connectivity index (χ2v) is 8.33. The molecule has 0 aromatic heterocycles. The lowest BCUT2D eigenvalue weighted by molar-refractivity contribution is -0.138. The molecule has 0 atom stereocenters. The summed E-state index contributed by atoms with van der Waals surface area (Å²) in [6.07, 6.45) is -4.73. The fraction of sp³-hybridized carbons (Fsp3) is 0.240. The number of rotatable bonds is 4. The van der Waals surface area contributed by atoms with Gasteiger partial charge in [-0.3, -0.25) is 4.79 Å². The van der Waals surface area contributed by atoms with Crippen LogP contribution in [0.15, 0.2) is 60.7 Å². The van der Waals surface area contributed by atoms with Crippen LogP contribution in [0.1, 0.15) is 31.9 Å². The molecule has 0 radical (unpaired) electrons. The highest BCUT2D eigenvalue weighted by Gasteiger charge is 2.30. The number of hydrogen-bond acceptors (Lipinski definition) is 1. The van der Waals surface area contributed by atoms with Gasteiger partial charge < -0.3 is 5.11 Å². The van der Waals surface area contributed by atoms with Gasteiger partial charge in [0, 0.05) is 0 Å². The monoisotopic (exact) mass is 466 g/mol. The number of aliphatic carboxylic acids is 1. The van der Waals surface area contributed by atoms with Gasteiger partial charge in [0.15, 0.2) is 0 Å². The standard InChI is InChI=1S/C21H13ClF4O2.C4H10/c22-18-6-3-14(11-19(18)23)16-8-12(9-20(27)28)7-15(10-16)13-1-4-17(5-2-13)21(24,25)26;1-4(2)3/h1-8,10-11H,9H2,(H,27,28);4H,1-3H3. The van der Waals surface area contributed by atoms with Crippen LogP contribution in [0.2, 0.25) is 5.02 Å². The Morgan fingerprint density at radius 2 is 1.38 bits per heavy atom. The van der Waals surface area contributed by atoms with E-state index in [9.17, 15) is 22.4 Å². The van der Waals surface area contributed by atoms with Crippen LogP contribution in [0.4, 0.5) is 17.6 Å². The minimum Gasteiger partial charge on any atom is -0.481 e. The normalized spacial score (nSPS) is 11.2. The number of alkyl halides is 3. The van der Waals surface area contributed by atoms with E-state index in [4.69, 9.17) is 16.7 Å². The third-order valence-electron chi connectivity index (χ3n) is 4.15. The topological polar surface area (TPSA) is 37.3 Å². The zero-order valence-electron chi connectivity index (χ0n) is 17.8. The molecule has 3 aromatic carbocycles. The lowest BCUT2D eigenvalue weighted by Gasteiger charge is -2.12. The average molecular weight is 467 g/mol. The SMILES string of the molecule is CC(C)C.O=C(O)Cc1cc(-c2ccc(C(F)(F)F)cc2)cc(-c2ccc(Cl)c(F)c2)c1. The lowest BCUT2D eigenvalue weighted by Crippen LogP contribution is -2.04. The van der Waals surface area contributed by atoms with Crippen molar-refractivity contribution in [1.82, 2.24) is 0 Å². The van der Waals surface area contributed by atoms with Gasteiger partial charge in [-0.1, -0.05) is 62.7 Å². The molecule has 3 aromatic rings. The van der Waals surface area contributed by atoms with E-state index in [1.165, 1.54) is 24.3 Å². The van der Waals surface area contributed by atoms with Crippen molar-refractivity contribution < 1.29 is 27.5 Å². The molecule has 0 unspecified atom stereocenters. The Balaban J connectivity index is 0.000000837. The lowest BCUT2D eigenvalue weighted by atomic mass is 9.94. The highest BCUT2D eigenvalue weighted by molar-refractivity contribution is 6.30. The van der Waals surface area contributed by atoms with E-state index in [0.717, 1.165) is 18.1 Å². The predicted molar refractivity (Wildman–Crippen MR) is 119 cm³/mol. The van der Waals surface area contributed by atoms with Crippen LogP contribution in [0.25, 0.3) is 22.3 Å². The zero-order valence-corrected chi connectivity index (χ0v) is 18.6. The van der Waals surface area contributed by atoms with Crippen molar-refractivity contribution >= 4 is 17.6 Å².